The van der Waals surface area contributed by atoms with E-state index in [-0.39, 0.29) is 19.2 Å². The number of amides is 2. The third-order valence-electron chi connectivity index (χ3n) is 3.83. The number of hydrogen-bond acceptors (Lipinski definition) is 3. The Morgan fingerprint density at radius 2 is 2.17 bits per heavy atom. The molecule has 102 valence electrons. The number of nitrogens with zero attached hydrogens (tertiary/aromatic N) is 1. The van der Waals surface area contributed by atoms with E-state index in [1.54, 1.807) is 11.8 Å². The predicted octanol–water partition coefficient (Wildman–Crippen LogP) is 0.670. The standard InChI is InChI=1S/C12H20N2O4/c1-3-14(8-4-5-8)11(17)13-9-6-18-7-12(9,2)10(15)16/h8-9H,3-7H2,1-2H3,(H,13,17)(H,15,16). The Morgan fingerprint density at radius 1 is 1.50 bits per heavy atom. The van der Waals surface area contributed by atoms with Gasteiger partial charge in [0.25, 0.3) is 0 Å². The van der Waals surface area contributed by atoms with Crippen molar-refractivity contribution in [3.63, 3.8) is 0 Å². The van der Waals surface area contributed by atoms with Crippen molar-refractivity contribution in [3.8, 4) is 0 Å². The van der Waals surface area contributed by atoms with Gasteiger partial charge in [-0.05, 0) is 26.7 Å². The first-order chi connectivity index (χ1) is 8.49. The first-order valence-electron chi connectivity index (χ1n) is 6.37. The van der Waals surface area contributed by atoms with Crippen LogP contribution in [0.5, 0.6) is 0 Å². The number of rotatable bonds is 4. The maximum atomic E-state index is 12.1. The van der Waals surface area contributed by atoms with Gasteiger partial charge in [-0.3, -0.25) is 4.79 Å². The summed E-state index contributed by atoms with van der Waals surface area (Å²) in [7, 11) is 0. The fourth-order valence-corrected chi connectivity index (χ4v) is 2.27. The molecule has 0 aromatic heterocycles. The maximum Gasteiger partial charge on any atom is 0.317 e. The quantitative estimate of drug-likeness (QED) is 0.775. The fourth-order valence-electron chi connectivity index (χ4n) is 2.27. The Bertz CT molecular complexity index is 356. The molecular formula is C12H20N2O4. The van der Waals surface area contributed by atoms with Crippen LogP contribution < -0.4 is 5.32 Å². The van der Waals surface area contributed by atoms with E-state index in [1.807, 2.05) is 6.92 Å². The van der Waals surface area contributed by atoms with Crippen molar-refractivity contribution in [1.82, 2.24) is 10.2 Å². The Morgan fingerprint density at radius 3 is 2.67 bits per heavy atom. The molecule has 2 N–H and O–H groups in total. The van der Waals surface area contributed by atoms with Crippen LogP contribution in [0.25, 0.3) is 0 Å². The lowest BCUT2D eigenvalue weighted by Crippen LogP contribution is -2.53. The Balaban J connectivity index is 1.99. The molecule has 2 aliphatic rings. The van der Waals surface area contributed by atoms with Crippen molar-refractivity contribution >= 4 is 12.0 Å². The third kappa shape index (κ3) is 2.29. The van der Waals surface area contributed by atoms with Crippen LogP contribution in [-0.4, -0.2) is 53.8 Å². The highest BCUT2D eigenvalue weighted by Crippen LogP contribution is 2.30. The van der Waals surface area contributed by atoms with Crippen molar-refractivity contribution in [2.24, 2.45) is 5.41 Å². The van der Waals surface area contributed by atoms with E-state index in [4.69, 9.17) is 4.74 Å². The average molecular weight is 256 g/mol. The first-order valence-corrected chi connectivity index (χ1v) is 6.37. The van der Waals surface area contributed by atoms with Gasteiger partial charge in [0.1, 0.15) is 5.41 Å². The van der Waals surface area contributed by atoms with Gasteiger partial charge in [0, 0.05) is 12.6 Å². The van der Waals surface area contributed by atoms with Crippen LogP contribution >= 0.6 is 0 Å². The number of carbonyl (C=O) groups excluding carboxylic acids is 1. The van der Waals surface area contributed by atoms with E-state index in [9.17, 15) is 14.7 Å². The van der Waals surface area contributed by atoms with Gasteiger partial charge in [-0.15, -0.1) is 0 Å². The molecule has 1 aliphatic heterocycles. The van der Waals surface area contributed by atoms with E-state index >= 15 is 0 Å². The molecule has 0 aromatic carbocycles. The molecule has 2 rings (SSSR count). The second-order valence-corrected chi connectivity index (χ2v) is 5.26. The van der Waals surface area contributed by atoms with Crippen molar-refractivity contribution in [2.75, 3.05) is 19.8 Å². The number of carboxylic acid groups (broad SMARTS) is 1. The van der Waals surface area contributed by atoms with Crippen LogP contribution in [0.1, 0.15) is 26.7 Å². The Labute approximate surface area is 106 Å². The number of hydrogen-bond donors (Lipinski definition) is 2. The van der Waals surface area contributed by atoms with E-state index in [0.29, 0.717) is 12.6 Å². The summed E-state index contributed by atoms with van der Waals surface area (Å²) in [4.78, 5) is 25.1. The molecule has 1 heterocycles. The lowest BCUT2D eigenvalue weighted by atomic mass is 9.85. The first kappa shape index (κ1) is 13.1. The molecule has 0 radical (unpaired) electrons. The molecule has 1 aliphatic carbocycles. The minimum absolute atomic E-state index is 0.142. The largest absolute Gasteiger partial charge is 0.481 e. The van der Waals surface area contributed by atoms with Crippen LogP contribution in [-0.2, 0) is 9.53 Å². The van der Waals surface area contributed by atoms with E-state index in [2.05, 4.69) is 5.32 Å². The number of carbonyl (C=O) groups is 2. The highest BCUT2D eigenvalue weighted by Gasteiger charge is 2.48. The lowest BCUT2D eigenvalue weighted by molar-refractivity contribution is -0.148. The van der Waals surface area contributed by atoms with Crippen LogP contribution in [0.15, 0.2) is 0 Å². The molecule has 6 nitrogen and oxygen atoms in total. The number of urea groups is 1. The SMILES string of the molecule is CCN(C(=O)NC1COCC1(C)C(=O)O)C1CC1. The average Bonchev–Trinajstić information content (AvgIpc) is 3.06. The molecule has 2 amide bonds. The fraction of sp³-hybridized carbons (Fsp3) is 0.833. The minimum Gasteiger partial charge on any atom is -0.481 e. The van der Waals surface area contributed by atoms with Gasteiger partial charge in [0.15, 0.2) is 0 Å². The number of carboxylic acids is 1. The summed E-state index contributed by atoms with van der Waals surface area (Å²) in [6.07, 6.45) is 2.08. The molecule has 2 unspecified atom stereocenters. The maximum absolute atomic E-state index is 12.1. The van der Waals surface area contributed by atoms with Gasteiger partial charge in [-0.1, -0.05) is 0 Å². The third-order valence-corrected chi connectivity index (χ3v) is 3.83. The summed E-state index contributed by atoms with van der Waals surface area (Å²) in [6, 6.07) is -0.313. The monoisotopic (exact) mass is 256 g/mol. The van der Waals surface area contributed by atoms with Gasteiger partial charge < -0.3 is 20.1 Å². The van der Waals surface area contributed by atoms with Crippen LogP contribution in [0.4, 0.5) is 4.79 Å². The number of aliphatic carboxylic acids is 1. The Hall–Kier alpha value is -1.30. The molecule has 6 heteroatoms. The molecule has 0 bridgehead atoms. The lowest BCUT2D eigenvalue weighted by Gasteiger charge is -2.29. The summed E-state index contributed by atoms with van der Waals surface area (Å²) in [6.45, 7) is 4.59. The van der Waals surface area contributed by atoms with Crippen molar-refractivity contribution in [1.29, 1.82) is 0 Å². The molecule has 2 fully saturated rings. The molecular weight excluding hydrogens is 236 g/mol. The summed E-state index contributed by atoms with van der Waals surface area (Å²) >= 11 is 0. The summed E-state index contributed by atoms with van der Waals surface area (Å²) < 4.78 is 5.21. The molecule has 1 saturated heterocycles. The minimum atomic E-state index is -1.03. The zero-order chi connectivity index (χ0) is 13.3. The topological polar surface area (TPSA) is 78.9 Å². The van der Waals surface area contributed by atoms with Gasteiger partial charge in [-0.2, -0.15) is 0 Å². The number of nitrogens with one attached hydrogen (secondary N) is 1. The summed E-state index contributed by atoms with van der Waals surface area (Å²) in [5.41, 5.74) is -1.03. The zero-order valence-corrected chi connectivity index (χ0v) is 10.8. The zero-order valence-electron chi connectivity index (χ0n) is 10.8. The van der Waals surface area contributed by atoms with E-state index in [1.165, 1.54) is 0 Å². The number of ether oxygens (including phenoxy) is 1. The molecule has 1 saturated carbocycles. The highest BCUT2D eigenvalue weighted by atomic mass is 16.5. The van der Waals surface area contributed by atoms with Crippen molar-refractivity contribution in [3.05, 3.63) is 0 Å². The second kappa shape index (κ2) is 4.76. The van der Waals surface area contributed by atoms with E-state index in [0.717, 1.165) is 12.8 Å². The van der Waals surface area contributed by atoms with Crippen molar-refractivity contribution < 1.29 is 19.4 Å². The van der Waals surface area contributed by atoms with Gasteiger partial charge in [-0.25, -0.2) is 4.79 Å². The predicted molar refractivity (Wildman–Crippen MR) is 64.3 cm³/mol. The van der Waals surface area contributed by atoms with Crippen LogP contribution in [0.2, 0.25) is 0 Å². The second-order valence-electron chi connectivity index (χ2n) is 5.26. The highest BCUT2D eigenvalue weighted by molar-refractivity contribution is 5.79. The Kier molecular flexibility index (Phi) is 3.47. The molecule has 0 aromatic rings. The molecule has 2 atom stereocenters. The van der Waals surface area contributed by atoms with Crippen molar-refractivity contribution in [2.45, 2.75) is 38.8 Å². The van der Waals surface area contributed by atoms with Crippen LogP contribution in [0, 0.1) is 5.41 Å². The van der Waals surface area contributed by atoms with Crippen LogP contribution in [0.3, 0.4) is 0 Å². The summed E-state index contributed by atoms with van der Waals surface area (Å²) in [5, 5.41) is 12.0. The van der Waals surface area contributed by atoms with E-state index < -0.39 is 17.4 Å². The van der Waals surface area contributed by atoms with Gasteiger partial charge in [0.2, 0.25) is 0 Å². The smallest absolute Gasteiger partial charge is 0.317 e. The molecule has 18 heavy (non-hydrogen) atoms. The summed E-state index contributed by atoms with van der Waals surface area (Å²) in [5.74, 6) is -0.931. The van der Waals surface area contributed by atoms with Gasteiger partial charge >= 0.3 is 12.0 Å². The molecule has 0 spiro atoms. The van der Waals surface area contributed by atoms with Gasteiger partial charge in [0.05, 0.1) is 19.3 Å². The normalized spacial score (nSPS) is 31.1.